The summed E-state index contributed by atoms with van der Waals surface area (Å²) in [4.78, 5) is 0. The van der Waals surface area contributed by atoms with Crippen LogP contribution in [0.2, 0.25) is 0 Å². The fraction of sp³-hybridized carbons (Fsp3) is 0. The van der Waals surface area contributed by atoms with Gasteiger partial charge in [0, 0.05) is 104 Å². The first-order chi connectivity index (χ1) is 0. The summed E-state index contributed by atoms with van der Waals surface area (Å²) in [7, 11) is 0. The molecule has 0 aliphatic heterocycles. The Labute approximate surface area is 102 Å². The molecule has 47 valence electrons. The molecule has 0 fully saturated rings. The molecule has 0 aromatic heterocycles. The molecular weight excluding hydrogens is 357 g/mol. The first kappa shape index (κ1) is 60.7. The predicted octanol–water partition coefficient (Wildman–Crippen LogP) is -0.0150. The summed E-state index contributed by atoms with van der Waals surface area (Å²) in [5.41, 5.74) is 0. The Hall–Kier alpha value is 3.18. The van der Waals surface area contributed by atoms with Crippen molar-refractivity contribution in [1.82, 2.24) is 0 Å². The smallest absolute Gasteiger partial charge is 0 e. The van der Waals surface area contributed by atoms with E-state index in [1.807, 2.05) is 0 Å². The molecule has 0 saturated heterocycles. The van der Waals surface area contributed by atoms with E-state index in [2.05, 4.69) is 0 Å². The molecule has 0 amide bonds. The third kappa shape index (κ3) is 27.1. The van der Waals surface area contributed by atoms with Crippen LogP contribution in [0.1, 0.15) is 0 Å². The van der Waals surface area contributed by atoms with E-state index in [-0.39, 0.29) is 104 Å². The summed E-state index contributed by atoms with van der Waals surface area (Å²) in [5, 5.41) is 0. The summed E-state index contributed by atoms with van der Waals surface area (Å²) in [6.07, 6.45) is 0. The third-order valence-corrected chi connectivity index (χ3v) is 0. The van der Waals surface area contributed by atoms with Gasteiger partial charge >= 0.3 is 0 Å². The van der Waals surface area contributed by atoms with Crippen LogP contribution in [0.5, 0.6) is 0 Å². The monoisotopic (exact) mass is 355 g/mol. The zero-order valence-electron chi connectivity index (χ0n) is 2.39. The minimum absolute atomic E-state index is 0. The molecular formula is CoCuFeMnNiZn. The molecule has 0 atom stereocenters. The Bertz CT molecular complexity index is 15.5. The van der Waals surface area contributed by atoms with Crippen molar-refractivity contribution >= 4 is 0 Å². The summed E-state index contributed by atoms with van der Waals surface area (Å²) < 4.78 is 0. The predicted molar refractivity (Wildman–Crippen MR) is 0 cm³/mol. The van der Waals surface area contributed by atoms with Crippen LogP contribution in [0.25, 0.3) is 0 Å². The van der Waals surface area contributed by atoms with Crippen LogP contribution in [0.15, 0.2) is 0 Å². The molecule has 3 radical (unpaired) electrons. The first-order valence-corrected chi connectivity index (χ1v) is 0. The molecule has 0 nitrogen and oxygen atoms in total. The number of hydrogen-bond donors (Lipinski definition) is 0. The van der Waals surface area contributed by atoms with Crippen molar-refractivity contribution in [2.24, 2.45) is 0 Å². The Kier molecular flexibility index (Phi) is 422. The normalized spacial score (nSPS) is 0. The van der Waals surface area contributed by atoms with Gasteiger partial charge in [0.25, 0.3) is 0 Å². The van der Waals surface area contributed by atoms with Gasteiger partial charge in [0.1, 0.15) is 0 Å². The van der Waals surface area contributed by atoms with Crippen LogP contribution in [-0.2, 0) is 104 Å². The zero-order chi connectivity index (χ0) is 0. The largest absolute Gasteiger partial charge is 0 e. The van der Waals surface area contributed by atoms with E-state index in [1.54, 1.807) is 0 Å². The molecule has 0 aromatic carbocycles. The van der Waals surface area contributed by atoms with Crippen molar-refractivity contribution < 1.29 is 104 Å². The summed E-state index contributed by atoms with van der Waals surface area (Å²) in [6.45, 7) is 0. The third-order valence-electron chi connectivity index (χ3n) is 0. The fourth-order valence-electron chi connectivity index (χ4n) is 0. The van der Waals surface area contributed by atoms with Crippen LogP contribution in [0.4, 0.5) is 0 Å². The molecule has 0 aromatic rings. The van der Waals surface area contributed by atoms with Crippen molar-refractivity contribution in [3.8, 4) is 0 Å². The number of hydrogen-bond acceptors (Lipinski definition) is 0. The standard InChI is InChI=1S/Co.Cu.Fe.Mn.Ni.Zn. The van der Waals surface area contributed by atoms with Crippen molar-refractivity contribution in [1.29, 1.82) is 0 Å². The fourth-order valence-corrected chi connectivity index (χ4v) is 0. The topological polar surface area (TPSA) is 0 Å². The van der Waals surface area contributed by atoms with Gasteiger partial charge in [-0.25, -0.2) is 0 Å². The van der Waals surface area contributed by atoms with Crippen molar-refractivity contribution in [3.63, 3.8) is 0 Å². The molecule has 6 heteroatoms. The van der Waals surface area contributed by atoms with Crippen LogP contribution in [-0.4, -0.2) is 0 Å². The first-order valence-electron chi connectivity index (χ1n) is 0. The van der Waals surface area contributed by atoms with E-state index in [9.17, 15) is 0 Å². The van der Waals surface area contributed by atoms with E-state index in [0.29, 0.717) is 0 Å². The minimum Gasteiger partial charge on any atom is 0 e. The SMILES string of the molecule is [Co].[Cu].[Fe].[Mn].[Ni].[Zn]. The molecule has 0 unspecified atom stereocenters. The van der Waals surface area contributed by atoms with Crippen molar-refractivity contribution in [3.05, 3.63) is 0 Å². The van der Waals surface area contributed by atoms with Gasteiger partial charge in [-0.15, -0.1) is 0 Å². The average molecular weight is 357 g/mol. The molecule has 0 bridgehead atoms. The molecule has 0 aliphatic rings. The molecule has 0 rings (SSSR count). The summed E-state index contributed by atoms with van der Waals surface area (Å²) in [6, 6.07) is 0. The van der Waals surface area contributed by atoms with Crippen LogP contribution in [0, 0.1) is 0 Å². The summed E-state index contributed by atoms with van der Waals surface area (Å²) in [5.74, 6) is 0. The maximum absolute atomic E-state index is 0. The summed E-state index contributed by atoms with van der Waals surface area (Å²) >= 11 is 0. The van der Waals surface area contributed by atoms with Gasteiger partial charge in [-0.3, -0.25) is 0 Å². The molecule has 0 spiro atoms. The molecule has 6 heavy (non-hydrogen) atoms. The Morgan fingerprint density at radius 1 is 1.00 bits per heavy atom. The second-order valence-electron chi connectivity index (χ2n) is 0. The van der Waals surface area contributed by atoms with Gasteiger partial charge in [0.05, 0.1) is 0 Å². The Morgan fingerprint density at radius 3 is 1.00 bits per heavy atom. The van der Waals surface area contributed by atoms with E-state index < -0.39 is 0 Å². The maximum atomic E-state index is 0. The van der Waals surface area contributed by atoms with E-state index >= 15 is 0 Å². The van der Waals surface area contributed by atoms with Gasteiger partial charge in [0.15, 0.2) is 0 Å². The average Bonchev–Trinajstić information content (AvgIpc) is 0. The van der Waals surface area contributed by atoms with Gasteiger partial charge in [0.2, 0.25) is 0 Å². The second-order valence-corrected chi connectivity index (χ2v) is 0. The Balaban J connectivity index is 0. The minimum atomic E-state index is 0. The van der Waals surface area contributed by atoms with Gasteiger partial charge in [-0.1, -0.05) is 0 Å². The molecule has 0 saturated carbocycles. The van der Waals surface area contributed by atoms with Crippen LogP contribution >= 0.6 is 0 Å². The van der Waals surface area contributed by atoms with E-state index in [1.165, 1.54) is 0 Å². The maximum Gasteiger partial charge on any atom is 0 e. The van der Waals surface area contributed by atoms with E-state index in [0.717, 1.165) is 0 Å². The van der Waals surface area contributed by atoms with Gasteiger partial charge in [-0.2, -0.15) is 0 Å². The van der Waals surface area contributed by atoms with Gasteiger partial charge in [-0.05, 0) is 0 Å². The van der Waals surface area contributed by atoms with Crippen molar-refractivity contribution in [2.75, 3.05) is 0 Å². The second kappa shape index (κ2) is 41.7. The van der Waals surface area contributed by atoms with Crippen molar-refractivity contribution in [2.45, 2.75) is 0 Å². The van der Waals surface area contributed by atoms with Gasteiger partial charge < -0.3 is 0 Å². The molecule has 0 N–H and O–H groups in total. The van der Waals surface area contributed by atoms with Crippen LogP contribution in [0.3, 0.4) is 0 Å². The van der Waals surface area contributed by atoms with E-state index in [4.69, 9.17) is 0 Å². The quantitative estimate of drug-likeness (QED) is 0.535. The number of rotatable bonds is 0. The zero-order valence-corrected chi connectivity index (χ0v) is 10.6. The van der Waals surface area contributed by atoms with Crippen LogP contribution < -0.4 is 0 Å². The molecule has 0 heterocycles. The Morgan fingerprint density at radius 2 is 1.00 bits per heavy atom. The molecule has 0 aliphatic carbocycles.